The zero-order valence-corrected chi connectivity index (χ0v) is 11.8. The van der Waals surface area contributed by atoms with Gasteiger partial charge in [-0.05, 0) is 25.5 Å². The highest BCUT2D eigenvalue weighted by Gasteiger charge is 2.37. The fraction of sp³-hybridized carbons (Fsp3) is 0.583. The number of nitrogens with two attached hydrogens (primary N) is 1. The Bertz CT molecular complexity index is 576. The largest absolute Gasteiger partial charge is 0.495 e. The molecule has 7 nitrogen and oxygen atoms in total. The van der Waals surface area contributed by atoms with Gasteiger partial charge in [0.2, 0.25) is 0 Å². The second-order valence-electron chi connectivity index (χ2n) is 5.17. The molecule has 0 radical (unpaired) electrons. The average molecular weight is 298 g/mol. The summed E-state index contributed by atoms with van der Waals surface area (Å²) >= 11 is 0. The number of ether oxygens (including phenoxy) is 1. The van der Waals surface area contributed by atoms with E-state index in [-0.39, 0.29) is 11.8 Å². The molecule has 0 amide bonds. The molecular formula is C12H18N4O3S. The third-order valence-electron chi connectivity index (χ3n) is 3.69. The van der Waals surface area contributed by atoms with E-state index in [0.29, 0.717) is 18.4 Å². The van der Waals surface area contributed by atoms with Gasteiger partial charge in [-0.15, -0.1) is 4.40 Å². The second-order valence-corrected chi connectivity index (χ2v) is 6.54. The van der Waals surface area contributed by atoms with E-state index >= 15 is 0 Å². The van der Waals surface area contributed by atoms with E-state index in [1.54, 1.807) is 12.2 Å². The SMILES string of the molecule is NC1=NS(=O)(=O)NC2C=CC=C(OC[C@@H]3CCCN3)C12. The number of nitrogens with one attached hydrogen (secondary N) is 2. The number of hydrogen-bond acceptors (Lipinski definition) is 5. The van der Waals surface area contributed by atoms with Crippen LogP contribution >= 0.6 is 0 Å². The van der Waals surface area contributed by atoms with Crippen molar-refractivity contribution in [1.82, 2.24) is 10.0 Å². The van der Waals surface area contributed by atoms with Crippen LogP contribution in [0.25, 0.3) is 0 Å². The Labute approximate surface area is 118 Å². The van der Waals surface area contributed by atoms with Crippen molar-refractivity contribution in [3.05, 3.63) is 24.0 Å². The van der Waals surface area contributed by atoms with Crippen LogP contribution in [0.3, 0.4) is 0 Å². The Balaban J connectivity index is 1.74. The first-order valence-corrected chi connectivity index (χ1v) is 8.11. The Hall–Kier alpha value is -1.38. The summed E-state index contributed by atoms with van der Waals surface area (Å²) < 4.78 is 34.8. The number of amidine groups is 1. The van der Waals surface area contributed by atoms with Gasteiger partial charge in [0.05, 0.1) is 12.0 Å². The van der Waals surface area contributed by atoms with Gasteiger partial charge in [0.1, 0.15) is 18.2 Å². The summed E-state index contributed by atoms with van der Waals surface area (Å²) in [7, 11) is -3.69. The van der Waals surface area contributed by atoms with Gasteiger partial charge >= 0.3 is 10.2 Å². The maximum absolute atomic E-state index is 11.5. The predicted octanol–water partition coefficient (Wildman–Crippen LogP) is -0.601. The molecule has 0 aromatic heterocycles. The van der Waals surface area contributed by atoms with Crippen molar-refractivity contribution in [1.29, 1.82) is 0 Å². The third-order valence-corrected chi connectivity index (χ3v) is 4.71. The molecule has 1 saturated heterocycles. The van der Waals surface area contributed by atoms with Gasteiger partial charge in [0.25, 0.3) is 0 Å². The molecule has 2 unspecified atom stereocenters. The minimum atomic E-state index is -3.69. The fourth-order valence-corrected chi connectivity index (χ4v) is 3.73. The van der Waals surface area contributed by atoms with E-state index in [9.17, 15) is 8.42 Å². The van der Waals surface area contributed by atoms with Gasteiger partial charge in [0, 0.05) is 6.04 Å². The molecule has 1 fully saturated rings. The van der Waals surface area contributed by atoms with Gasteiger partial charge < -0.3 is 15.8 Å². The molecule has 2 aliphatic heterocycles. The van der Waals surface area contributed by atoms with Crippen LogP contribution < -0.4 is 15.8 Å². The Morgan fingerprint density at radius 2 is 2.35 bits per heavy atom. The Morgan fingerprint density at radius 3 is 3.10 bits per heavy atom. The first kappa shape index (κ1) is 13.6. The van der Waals surface area contributed by atoms with Gasteiger partial charge in [0.15, 0.2) is 0 Å². The van der Waals surface area contributed by atoms with Gasteiger partial charge in [-0.3, -0.25) is 0 Å². The van der Waals surface area contributed by atoms with E-state index < -0.39 is 16.3 Å². The van der Waals surface area contributed by atoms with Gasteiger partial charge in [-0.2, -0.15) is 13.1 Å². The summed E-state index contributed by atoms with van der Waals surface area (Å²) in [5.74, 6) is 0.378. The summed E-state index contributed by atoms with van der Waals surface area (Å²) in [4.78, 5) is 0. The van der Waals surface area contributed by atoms with Crippen molar-refractivity contribution < 1.29 is 13.2 Å². The standard InChI is InChI=1S/C12H18N4O3S/c13-12-11-9(15-20(17,18)16-12)4-1-5-10(11)19-7-8-3-2-6-14-8/h1,4-5,8-9,11,14-15H,2-3,6-7H2,(H2,13,16)/t8-,9?,11?/m0/s1. The van der Waals surface area contributed by atoms with Crippen LogP contribution in [0, 0.1) is 5.92 Å². The van der Waals surface area contributed by atoms with Crippen molar-refractivity contribution in [2.24, 2.45) is 16.0 Å². The Morgan fingerprint density at radius 1 is 1.50 bits per heavy atom. The number of fused-ring (bicyclic) bond motifs is 1. The molecular weight excluding hydrogens is 280 g/mol. The lowest BCUT2D eigenvalue weighted by atomic mass is 9.92. The van der Waals surface area contributed by atoms with E-state index in [2.05, 4.69) is 14.4 Å². The van der Waals surface area contributed by atoms with E-state index in [1.165, 1.54) is 0 Å². The molecule has 20 heavy (non-hydrogen) atoms. The molecule has 3 rings (SSSR count). The molecule has 0 aromatic carbocycles. The number of rotatable bonds is 3. The maximum Gasteiger partial charge on any atom is 0.322 e. The zero-order chi connectivity index (χ0) is 14.2. The molecule has 0 spiro atoms. The summed E-state index contributed by atoms with van der Waals surface area (Å²) in [5, 5.41) is 3.35. The molecule has 110 valence electrons. The topological polar surface area (TPSA) is 106 Å². The summed E-state index contributed by atoms with van der Waals surface area (Å²) in [6.45, 7) is 1.57. The summed E-state index contributed by atoms with van der Waals surface area (Å²) in [6.07, 6.45) is 7.60. The van der Waals surface area contributed by atoms with E-state index in [4.69, 9.17) is 10.5 Å². The van der Waals surface area contributed by atoms with Crippen molar-refractivity contribution in [2.45, 2.75) is 24.9 Å². The molecule has 2 heterocycles. The first-order chi connectivity index (χ1) is 9.55. The zero-order valence-electron chi connectivity index (χ0n) is 11.0. The summed E-state index contributed by atoms with van der Waals surface area (Å²) in [6, 6.07) is -0.0762. The molecule has 0 saturated carbocycles. The minimum absolute atomic E-state index is 0.0729. The predicted molar refractivity (Wildman–Crippen MR) is 75.2 cm³/mol. The third kappa shape index (κ3) is 2.72. The van der Waals surface area contributed by atoms with E-state index in [0.717, 1.165) is 19.4 Å². The number of allylic oxidation sites excluding steroid dienone is 2. The van der Waals surface area contributed by atoms with Gasteiger partial charge in [-0.25, -0.2) is 0 Å². The van der Waals surface area contributed by atoms with Crippen LogP contribution in [-0.4, -0.2) is 39.5 Å². The van der Waals surface area contributed by atoms with Crippen LogP contribution in [0.15, 0.2) is 28.4 Å². The fourth-order valence-electron chi connectivity index (χ4n) is 2.73. The lowest BCUT2D eigenvalue weighted by Gasteiger charge is -2.32. The van der Waals surface area contributed by atoms with Crippen molar-refractivity contribution >= 4 is 16.0 Å². The van der Waals surface area contributed by atoms with Gasteiger partial charge in [-0.1, -0.05) is 12.2 Å². The molecule has 1 aliphatic carbocycles. The lowest BCUT2D eigenvalue weighted by Crippen LogP contribution is -2.50. The van der Waals surface area contributed by atoms with Crippen molar-refractivity contribution in [3.63, 3.8) is 0 Å². The maximum atomic E-state index is 11.5. The molecule has 3 atom stereocenters. The van der Waals surface area contributed by atoms with Crippen LogP contribution in [0.4, 0.5) is 0 Å². The number of hydrogen-bond donors (Lipinski definition) is 3. The smallest absolute Gasteiger partial charge is 0.322 e. The molecule has 3 aliphatic rings. The highest BCUT2D eigenvalue weighted by atomic mass is 32.2. The van der Waals surface area contributed by atoms with Crippen LogP contribution in [0.1, 0.15) is 12.8 Å². The summed E-state index contributed by atoms with van der Waals surface area (Å²) in [5.41, 5.74) is 5.80. The molecule has 4 N–H and O–H groups in total. The second kappa shape index (κ2) is 5.19. The van der Waals surface area contributed by atoms with Crippen molar-refractivity contribution in [2.75, 3.05) is 13.2 Å². The van der Waals surface area contributed by atoms with Crippen LogP contribution in [0.5, 0.6) is 0 Å². The normalized spacial score (nSPS) is 35.1. The highest BCUT2D eigenvalue weighted by Crippen LogP contribution is 2.26. The average Bonchev–Trinajstić information content (AvgIpc) is 2.87. The van der Waals surface area contributed by atoms with E-state index in [1.807, 2.05) is 6.08 Å². The van der Waals surface area contributed by atoms with Crippen LogP contribution in [0.2, 0.25) is 0 Å². The van der Waals surface area contributed by atoms with Crippen LogP contribution in [-0.2, 0) is 14.9 Å². The molecule has 0 aromatic rings. The highest BCUT2D eigenvalue weighted by molar-refractivity contribution is 7.88. The molecule has 0 bridgehead atoms. The monoisotopic (exact) mass is 298 g/mol. The quantitative estimate of drug-likeness (QED) is 0.645. The number of nitrogens with zero attached hydrogens (tertiary/aromatic N) is 1. The Kier molecular flexibility index (Phi) is 3.53. The lowest BCUT2D eigenvalue weighted by molar-refractivity contribution is 0.163. The molecule has 8 heteroatoms. The first-order valence-electron chi connectivity index (χ1n) is 6.67. The minimum Gasteiger partial charge on any atom is -0.495 e. The van der Waals surface area contributed by atoms with Crippen molar-refractivity contribution in [3.8, 4) is 0 Å².